The Balaban J connectivity index is 1.42. The lowest BCUT2D eigenvalue weighted by Crippen LogP contribution is -2.23. The van der Waals surface area contributed by atoms with Gasteiger partial charge in [-0.2, -0.15) is 14.6 Å². The van der Waals surface area contributed by atoms with Gasteiger partial charge in [-0.05, 0) is 41.8 Å². The van der Waals surface area contributed by atoms with Crippen LogP contribution >= 0.6 is 22.7 Å². The number of nitrogens with zero attached hydrogens (tertiary/aromatic N) is 6. The van der Waals surface area contributed by atoms with E-state index in [1.807, 2.05) is 53.9 Å². The minimum Gasteiger partial charge on any atom is -0.266 e. The predicted molar refractivity (Wildman–Crippen MR) is 145 cm³/mol. The second-order valence-electron chi connectivity index (χ2n) is 7.95. The fourth-order valence-electron chi connectivity index (χ4n) is 3.78. The van der Waals surface area contributed by atoms with Gasteiger partial charge in [0, 0.05) is 34.3 Å². The van der Waals surface area contributed by atoms with Crippen LogP contribution in [-0.4, -0.2) is 29.3 Å². The van der Waals surface area contributed by atoms with Crippen LogP contribution in [0, 0.1) is 10.1 Å². The molecule has 0 spiro atoms. The van der Waals surface area contributed by atoms with Crippen molar-refractivity contribution in [3.8, 4) is 16.9 Å². The summed E-state index contributed by atoms with van der Waals surface area (Å²) in [5.41, 5.74) is 2.68. The zero-order valence-corrected chi connectivity index (χ0v) is 20.6. The molecular formula is C26H16N6O3S2. The summed E-state index contributed by atoms with van der Waals surface area (Å²) < 4.78 is 3.43. The van der Waals surface area contributed by atoms with E-state index in [9.17, 15) is 14.9 Å². The zero-order valence-electron chi connectivity index (χ0n) is 19.0. The van der Waals surface area contributed by atoms with E-state index in [-0.39, 0.29) is 11.2 Å². The number of benzene rings is 2. The number of nitro benzene ring substituents is 1. The first kappa shape index (κ1) is 22.7. The first-order valence-electron chi connectivity index (χ1n) is 11.1. The molecule has 0 aliphatic heterocycles. The molecule has 6 rings (SSSR count). The summed E-state index contributed by atoms with van der Waals surface area (Å²) in [7, 11) is 0. The Kier molecular flexibility index (Phi) is 5.75. The van der Waals surface area contributed by atoms with Crippen LogP contribution in [0.2, 0.25) is 0 Å². The number of rotatable bonds is 6. The molecule has 11 heteroatoms. The number of thiazole rings is 1. The molecule has 0 saturated carbocycles. The highest BCUT2D eigenvalue weighted by molar-refractivity contribution is 7.15. The average molecular weight is 525 g/mol. The van der Waals surface area contributed by atoms with E-state index in [1.54, 1.807) is 46.5 Å². The number of hydrogen-bond acceptors (Lipinski definition) is 8. The first-order chi connectivity index (χ1) is 18.0. The van der Waals surface area contributed by atoms with Gasteiger partial charge in [0.25, 0.3) is 11.2 Å². The van der Waals surface area contributed by atoms with Crippen molar-refractivity contribution in [2.45, 2.75) is 0 Å². The Labute approximate surface area is 217 Å². The lowest BCUT2D eigenvalue weighted by atomic mass is 10.1. The van der Waals surface area contributed by atoms with E-state index in [0.29, 0.717) is 26.7 Å². The standard InChI is InChI=1S/C26H16N6O3S2/c33-25-22(37-26-27-23(28-31(25)26)13-12-21-7-4-14-36-21)15-18-16-30(19-8-10-20(11-9-19)32(34)35)29-24(18)17-5-2-1-3-6-17/h1-16H/b13-12+,22-15-. The number of fused-ring (bicyclic) bond motifs is 1. The van der Waals surface area contributed by atoms with E-state index in [0.717, 1.165) is 16.0 Å². The maximum atomic E-state index is 13.1. The molecule has 0 bridgehead atoms. The first-order valence-corrected chi connectivity index (χ1v) is 12.8. The lowest BCUT2D eigenvalue weighted by Gasteiger charge is -2.00. The third-order valence-electron chi connectivity index (χ3n) is 5.54. The monoisotopic (exact) mass is 524 g/mol. The van der Waals surface area contributed by atoms with E-state index in [4.69, 9.17) is 5.10 Å². The SMILES string of the molecule is O=c1/c(=C/c2cn(-c3ccc([N+](=O)[O-])cc3)nc2-c2ccccc2)sc2nc(/C=C/c3cccs3)nn12. The highest BCUT2D eigenvalue weighted by Gasteiger charge is 2.14. The number of nitro groups is 1. The van der Waals surface area contributed by atoms with Gasteiger partial charge in [-0.25, -0.2) is 4.68 Å². The van der Waals surface area contributed by atoms with E-state index >= 15 is 0 Å². The van der Waals surface area contributed by atoms with Gasteiger partial charge in [0.05, 0.1) is 20.8 Å². The maximum absolute atomic E-state index is 13.1. The molecule has 4 heterocycles. The molecule has 0 N–H and O–H groups in total. The molecular weight excluding hydrogens is 508 g/mol. The van der Waals surface area contributed by atoms with E-state index < -0.39 is 4.92 Å². The van der Waals surface area contributed by atoms with Crippen molar-refractivity contribution in [3.05, 3.63) is 120 Å². The maximum Gasteiger partial charge on any atom is 0.291 e. The molecule has 0 atom stereocenters. The Morgan fingerprint density at radius 1 is 0.946 bits per heavy atom. The van der Waals surface area contributed by atoms with Crippen molar-refractivity contribution in [1.82, 2.24) is 24.4 Å². The normalized spacial score (nSPS) is 12.2. The highest BCUT2D eigenvalue weighted by Crippen LogP contribution is 2.25. The largest absolute Gasteiger partial charge is 0.291 e. The van der Waals surface area contributed by atoms with Crippen molar-refractivity contribution < 1.29 is 4.92 Å². The molecule has 0 amide bonds. The van der Waals surface area contributed by atoms with Gasteiger partial charge < -0.3 is 0 Å². The van der Waals surface area contributed by atoms with Crippen molar-refractivity contribution in [2.24, 2.45) is 0 Å². The van der Waals surface area contributed by atoms with Gasteiger partial charge in [0.15, 0.2) is 5.82 Å². The molecule has 180 valence electrons. The van der Waals surface area contributed by atoms with Crippen molar-refractivity contribution >= 4 is 51.5 Å². The minimum atomic E-state index is -0.443. The summed E-state index contributed by atoms with van der Waals surface area (Å²) in [5, 5.41) is 22.1. The van der Waals surface area contributed by atoms with Gasteiger partial charge >= 0.3 is 0 Å². The number of aromatic nitrogens is 5. The van der Waals surface area contributed by atoms with Crippen LogP contribution in [0.15, 0.2) is 83.1 Å². The molecule has 9 nitrogen and oxygen atoms in total. The molecule has 0 radical (unpaired) electrons. The van der Waals surface area contributed by atoms with Crippen molar-refractivity contribution in [1.29, 1.82) is 0 Å². The van der Waals surface area contributed by atoms with Crippen molar-refractivity contribution in [3.63, 3.8) is 0 Å². The molecule has 4 aromatic heterocycles. The van der Waals surface area contributed by atoms with E-state index in [1.165, 1.54) is 28.0 Å². The summed E-state index contributed by atoms with van der Waals surface area (Å²) in [6.45, 7) is 0. The van der Waals surface area contributed by atoms with Crippen molar-refractivity contribution in [2.75, 3.05) is 0 Å². The number of non-ortho nitro benzene ring substituents is 1. The van der Waals surface area contributed by atoms with Crippen LogP contribution in [0.25, 0.3) is 40.1 Å². The van der Waals surface area contributed by atoms with Crippen LogP contribution in [0.5, 0.6) is 0 Å². The summed E-state index contributed by atoms with van der Waals surface area (Å²) in [5.74, 6) is 0.472. The Morgan fingerprint density at radius 2 is 1.76 bits per heavy atom. The van der Waals surface area contributed by atoms with Gasteiger partial charge in [0.2, 0.25) is 4.96 Å². The third-order valence-corrected chi connectivity index (χ3v) is 7.34. The Hall–Kier alpha value is -4.74. The van der Waals surface area contributed by atoms with Crippen LogP contribution in [0.3, 0.4) is 0 Å². The average Bonchev–Trinajstić information content (AvgIpc) is 3.70. The lowest BCUT2D eigenvalue weighted by molar-refractivity contribution is -0.384. The summed E-state index contributed by atoms with van der Waals surface area (Å²) in [6, 6.07) is 19.7. The molecule has 0 fully saturated rings. The molecule has 37 heavy (non-hydrogen) atoms. The molecule has 0 aliphatic rings. The smallest absolute Gasteiger partial charge is 0.266 e. The van der Waals surface area contributed by atoms with Crippen LogP contribution in [-0.2, 0) is 0 Å². The molecule has 0 aliphatic carbocycles. The minimum absolute atomic E-state index is 0.000930. The second kappa shape index (κ2) is 9.37. The summed E-state index contributed by atoms with van der Waals surface area (Å²) in [6.07, 6.45) is 7.28. The van der Waals surface area contributed by atoms with Crippen LogP contribution in [0.4, 0.5) is 5.69 Å². The Morgan fingerprint density at radius 3 is 2.46 bits per heavy atom. The van der Waals surface area contributed by atoms with Gasteiger partial charge in [0.1, 0.15) is 0 Å². The molecule has 2 aromatic carbocycles. The fourth-order valence-corrected chi connectivity index (χ4v) is 5.30. The second-order valence-corrected chi connectivity index (χ2v) is 9.93. The zero-order chi connectivity index (χ0) is 25.4. The number of thiophene rings is 1. The summed E-state index contributed by atoms with van der Waals surface area (Å²) in [4.78, 5) is 29.8. The quantitative estimate of drug-likeness (QED) is 0.231. The van der Waals surface area contributed by atoms with Crippen LogP contribution < -0.4 is 10.1 Å². The van der Waals surface area contributed by atoms with Crippen LogP contribution in [0.1, 0.15) is 16.3 Å². The fraction of sp³-hybridized carbons (Fsp3) is 0. The summed E-state index contributed by atoms with van der Waals surface area (Å²) >= 11 is 2.86. The molecule has 0 unspecified atom stereocenters. The molecule has 0 saturated heterocycles. The van der Waals surface area contributed by atoms with Gasteiger partial charge in [-0.3, -0.25) is 14.9 Å². The highest BCUT2D eigenvalue weighted by atomic mass is 32.1. The molecule has 6 aromatic rings. The Bertz CT molecular complexity index is 1870. The van der Waals surface area contributed by atoms with Gasteiger partial charge in [-0.15, -0.1) is 16.4 Å². The topological polar surface area (TPSA) is 108 Å². The number of hydrogen-bond donors (Lipinski definition) is 0. The van der Waals surface area contributed by atoms with Gasteiger partial charge in [-0.1, -0.05) is 47.7 Å². The third kappa shape index (κ3) is 4.48. The predicted octanol–water partition coefficient (Wildman–Crippen LogP) is 4.69. The van der Waals surface area contributed by atoms with E-state index in [2.05, 4.69) is 10.1 Å².